The molecule has 0 atom stereocenters. The molecule has 0 saturated heterocycles. The first kappa shape index (κ1) is 12.6. The zero-order chi connectivity index (χ0) is 13.1. The van der Waals surface area contributed by atoms with Crippen LogP contribution in [0.3, 0.4) is 0 Å². The van der Waals surface area contributed by atoms with Crippen molar-refractivity contribution in [1.82, 2.24) is 4.98 Å². The number of pyridine rings is 1. The first-order valence-electron chi connectivity index (χ1n) is 6.01. The molecular weight excluding hydrogens is 224 g/mol. The Morgan fingerprint density at radius 1 is 1.17 bits per heavy atom. The van der Waals surface area contributed by atoms with E-state index in [1.165, 1.54) is 11.1 Å². The van der Waals surface area contributed by atoms with Gasteiger partial charge in [-0.05, 0) is 55.7 Å². The van der Waals surface area contributed by atoms with Crippen LogP contribution in [0.15, 0.2) is 30.5 Å². The summed E-state index contributed by atoms with van der Waals surface area (Å²) in [5, 5.41) is 0. The molecule has 0 bridgehead atoms. The lowest BCUT2D eigenvalue weighted by atomic mass is 10.1. The van der Waals surface area contributed by atoms with Crippen molar-refractivity contribution in [3.05, 3.63) is 52.8 Å². The Morgan fingerprint density at radius 2 is 1.94 bits per heavy atom. The van der Waals surface area contributed by atoms with Crippen LogP contribution in [0.4, 0.5) is 0 Å². The van der Waals surface area contributed by atoms with Crippen LogP contribution in [0.2, 0.25) is 0 Å². The van der Waals surface area contributed by atoms with E-state index in [1.54, 1.807) is 6.20 Å². The van der Waals surface area contributed by atoms with Crippen LogP contribution in [0.1, 0.15) is 22.4 Å². The summed E-state index contributed by atoms with van der Waals surface area (Å²) >= 11 is 0. The second kappa shape index (κ2) is 5.19. The molecule has 2 N–H and O–H groups in total. The summed E-state index contributed by atoms with van der Waals surface area (Å²) in [5.74, 6) is 1.60. The summed E-state index contributed by atoms with van der Waals surface area (Å²) in [6.07, 6.45) is 1.73. The Kier molecular flexibility index (Phi) is 3.63. The van der Waals surface area contributed by atoms with E-state index in [-0.39, 0.29) is 0 Å². The summed E-state index contributed by atoms with van der Waals surface area (Å²) in [5.41, 5.74) is 9.99. The first-order valence-corrected chi connectivity index (χ1v) is 6.01. The molecule has 1 aromatic heterocycles. The Hall–Kier alpha value is -1.87. The van der Waals surface area contributed by atoms with Gasteiger partial charge in [0.1, 0.15) is 11.5 Å². The fourth-order valence-electron chi connectivity index (χ4n) is 1.89. The minimum Gasteiger partial charge on any atom is -0.455 e. The van der Waals surface area contributed by atoms with Gasteiger partial charge in [-0.15, -0.1) is 0 Å². The summed E-state index contributed by atoms with van der Waals surface area (Å²) in [6, 6.07) is 7.93. The van der Waals surface area contributed by atoms with E-state index < -0.39 is 0 Å². The monoisotopic (exact) mass is 242 g/mol. The molecule has 3 heteroatoms. The highest BCUT2D eigenvalue weighted by atomic mass is 16.5. The van der Waals surface area contributed by atoms with Crippen molar-refractivity contribution < 1.29 is 4.74 Å². The van der Waals surface area contributed by atoms with Gasteiger partial charge in [-0.25, -0.2) is 0 Å². The molecule has 1 heterocycles. The molecule has 2 rings (SSSR count). The third kappa shape index (κ3) is 2.51. The average molecular weight is 242 g/mol. The van der Waals surface area contributed by atoms with E-state index in [2.05, 4.69) is 31.8 Å². The molecule has 94 valence electrons. The van der Waals surface area contributed by atoms with Gasteiger partial charge in [0.25, 0.3) is 0 Å². The second-order valence-corrected chi connectivity index (χ2v) is 4.46. The minimum absolute atomic E-state index is 0.375. The fourth-order valence-corrected chi connectivity index (χ4v) is 1.89. The van der Waals surface area contributed by atoms with Crippen LogP contribution in [0.25, 0.3) is 0 Å². The van der Waals surface area contributed by atoms with Gasteiger partial charge < -0.3 is 10.5 Å². The number of aromatic nitrogens is 1. The smallest absolute Gasteiger partial charge is 0.150 e. The molecule has 18 heavy (non-hydrogen) atoms. The van der Waals surface area contributed by atoms with E-state index in [0.29, 0.717) is 6.54 Å². The van der Waals surface area contributed by atoms with Crippen LogP contribution < -0.4 is 10.5 Å². The van der Waals surface area contributed by atoms with Crippen molar-refractivity contribution in [1.29, 1.82) is 0 Å². The Labute approximate surface area is 108 Å². The molecule has 2 aromatic rings. The Morgan fingerprint density at radius 3 is 2.67 bits per heavy atom. The van der Waals surface area contributed by atoms with Gasteiger partial charge in [-0.2, -0.15) is 0 Å². The van der Waals surface area contributed by atoms with Gasteiger partial charge in [0.2, 0.25) is 0 Å². The van der Waals surface area contributed by atoms with E-state index in [4.69, 9.17) is 10.5 Å². The average Bonchev–Trinajstić information content (AvgIpc) is 2.36. The molecule has 0 spiro atoms. The molecule has 0 fully saturated rings. The van der Waals surface area contributed by atoms with E-state index >= 15 is 0 Å². The van der Waals surface area contributed by atoms with Crippen LogP contribution in [-0.4, -0.2) is 4.98 Å². The maximum absolute atomic E-state index is 5.95. The van der Waals surface area contributed by atoms with Crippen molar-refractivity contribution in [3.63, 3.8) is 0 Å². The van der Waals surface area contributed by atoms with E-state index in [1.807, 2.05) is 18.2 Å². The lowest BCUT2D eigenvalue weighted by Gasteiger charge is -2.13. The molecule has 0 amide bonds. The summed E-state index contributed by atoms with van der Waals surface area (Å²) < 4.78 is 5.95. The van der Waals surface area contributed by atoms with Gasteiger partial charge in [0, 0.05) is 12.7 Å². The largest absolute Gasteiger partial charge is 0.455 e. The van der Waals surface area contributed by atoms with E-state index in [9.17, 15) is 0 Å². The zero-order valence-electron chi connectivity index (χ0n) is 11.0. The third-order valence-corrected chi connectivity index (χ3v) is 3.03. The topological polar surface area (TPSA) is 48.1 Å². The molecule has 0 saturated carbocycles. The molecule has 0 unspecified atom stereocenters. The molecule has 0 aliphatic heterocycles. The number of benzene rings is 1. The van der Waals surface area contributed by atoms with Gasteiger partial charge in [-0.3, -0.25) is 4.98 Å². The van der Waals surface area contributed by atoms with Gasteiger partial charge in [0.15, 0.2) is 0 Å². The van der Waals surface area contributed by atoms with Gasteiger partial charge in [0.05, 0.1) is 5.69 Å². The molecule has 1 aromatic carbocycles. The Bertz CT molecular complexity index is 564. The van der Waals surface area contributed by atoms with Crippen molar-refractivity contribution in [2.75, 3.05) is 0 Å². The van der Waals surface area contributed by atoms with Crippen molar-refractivity contribution in [2.24, 2.45) is 5.73 Å². The second-order valence-electron chi connectivity index (χ2n) is 4.46. The highest BCUT2D eigenvalue weighted by Gasteiger charge is 2.08. The first-order chi connectivity index (χ1) is 8.61. The van der Waals surface area contributed by atoms with E-state index in [0.717, 1.165) is 22.8 Å². The van der Waals surface area contributed by atoms with Gasteiger partial charge in [-0.1, -0.05) is 6.07 Å². The van der Waals surface area contributed by atoms with Crippen LogP contribution in [0.5, 0.6) is 11.5 Å². The Balaban J connectivity index is 2.40. The summed E-state index contributed by atoms with van der Waals surface area (Å²) in [6.45, 7) is 6.58. The maximum Gasteiger partial charge on any atom is 0.150 e. The molecule has 0 aliphatic carbocycles. The lowest BCUT2D eigenvalue weighted by molar-refractivity contribution is 0.468. The van der Waals surface area contributed by atoms with Crippen molar-refractivity contribution in [2.45, 2.75) is 27.3 Å². The number of aryl methyl sites for hydroxylation is 2. The molecule has 3 nitrogen and oxygen atoms in total. The predicted molar refractivity (Wildman–Crippen MR) is 72.9 cm³/mol. The number of hydrogen-bond donors (Lipinski definition) is 1. The summed E-state index contributed by atoms with van der Waals surface area (Å²) in [7, 11) is 0. The van der Waals surface area contributed by atoms with Crippen LogP contribution >= 0.6 is 0 Å². The summed E-state index contributed by atoms with van der Waals surface area (Å²) in [4.78, 5) is 4.22. The third-order valence-electron chi connectivity index (χ3n) is 3.03. The predicted octanol–water partition coefficient (Wildman–Crippen LogP) is 3.26. The number of rotatable bonds is 3. The fraction of sp³-hybridized carbons (Fsp3) is 0.267. The minimum atomic E-state index is 0.375. The number of ether oxygens (including phenoxy) is 1. The highest BCUT2D eigenvalue weighted by molar-refractivity contribution is 5.45. The zero-order valence-corrected chi connectivity index (χ0v) is 11.0. The standard InChI is InChI=1S/C15H18N2O/c1-10-7-11(2)12(3)15(8-10)18-14-5-4-6-17-13(14)9-16/h4-8H,9,16H2,1-3H3. The molecule has 0 aliphatic rings. The number of nitrogens with zero attached hydrogens (tertiary/aromatic N) is 1. The normalized spacial score (nSPS) is 10.4. The number of hydrogen-bond acceptors (Lipinski definition) is 3. The molecular formula is C15H18N2O. The highest BCUT2D eigenvalue weighted by Crippen LogP contribution is 2.29. The van der Waals surface area contributed by atoms with Gasteiger partial charge >= 0.3 is 0 Å². The number of nitrogens with two attached hydrogens (primary N) is 1. The van der Waals surface area contributed by atoms with Crippen molar-refractivity contribution >= 4 is 0 Å². The maximum atomic E-state index is 5.95. The van der Waals surface area contributed by atoms with Crippen molar-refractivity contribution in [3.8, 4) is 11.5 Å². The lowest BCUT2D eigenvalue weighted by Crippen LogP contribution is -2.02. The van der Waals surface area contributed by atoms with Crippen LogP contribution in [-0.2, 0) is 6.54 Å². The SMILES string of the molecule is Cc1cc(C)c(C)c(Oc2cccnc2CN)c1. The molecule has 0 radical (unpaired) electrons. The van der Waals surface area contributed by atoms with Crippen LogP contribution in [0, 0.1) is 20.8 Å². The quantitative estimate of drug-likeness (QED) is 0.898.